The largest absolute Gasteiger partial charge is 0.352 e. The minimum Gasteiger partial charge on any atom is -0.352 e. The zero-order valence-electron chi connectivity index (χ0n) is 13.2. The van der Waals surface area contributed by atoms with E-state index in [9.17, 15) is 13.2 Å². The normalized spacial score (nSPS) is 16.4. The highest BCUT2D eigenvalue weighted by molar-refractivity contribution is 7.89. The predicted molar refractivity (Wildman–Crippen MR) is 88.0 cm³/mol. The Balaban J connectivity index is 1.83. The third-order valence-corrected chi connectivity index (χ3v) is 4.97. The van der Waals surface area contributed by atoms with Gasteiger partial charge in [0.1, 0.15) is 0 Å². The average molecular weight is 323 g/mol. The van der Waals surface area contributed by atoms with Crippen molar-refractivity contribution in [2.45, 2.75) is 50.8 Å². The molecule has 0 unspecified atom stereocenters. The van der Waals surface area contributed by atoms with E-state index in [1.165, 1.54) is 25.5 Å². The maximum absolute atomic E-state index is 12.0. The molecule has 0 saturated heterocycles. The lowest BCUT2D eigenvalue weighted by Crippen LogP contribution is -2.25. The lowest BCUT2D eigenvalue weighted by Gasteiger charge is -2.20. The molecule has 2 rings (SSSR count). The Morgan fingerprint density at radius 2 is 1.86 bits per heavy atom. The van der Waals surface area contributed by atoms with Gasteiger partial charge in [0.05, 0.1) is 5.75 Å². The summed E-state index contributed by atoms with van der Waals surface area (Å²) >= 11 is 0. The van der Waals surface area contributed by atoms with Crippen molar-refractivity contribution in [2.24, 2.45) is 5.92 Å². The van der Waals surface area contributed by atoms with Crippen LogP contribution in [0.2, 0.25) is 0 Å². The molecule has 0 aliphatic heterocycles. The quantitative estimate of drug-likeness (QED) is 0.875. The van der Waals surface area contributed by atoms with Gasteiger partial charge in [0.25, 0.3) is 0 Å². The third-order valence-electron chi connectivity index (χ3n) is 4.11. The molecule has 1 fully saturated rings. The van der Waals surface area contributed by atoms with E-state index in [0.717, 1.165) is 24.0 Å². The number of rotatable bonds is 6. The standard InChI is InChI=1S/C17H25NO3S/c1-22(20,21)13-16-9-5-8-15(10-16)12-18-17(19)11-14-6-3-2-4-7-14/h5,8-10,14H,2-4,6-7,11-13H2,1H3,(H,18,19). The summed E-state index contributed by atoms with van der Waals surface area (Å²) in [6, 6.07) is 7.39. The number of benzene rings is 1. The summed E-state index contributed by atoms with van der Waals surface area (Å²) in [6.07, 6.45) is 7.95. The van der Waals surface area contributed by atoms with Gasteiger partial charge in [-0.2, -0.15) is 0 Å². The highest BCUT2D eigenvalue weighted by Gasteiger charge is 2.16. The zero-order valence-corrected chi connectivity index (χ0v) is 14.0. The number of carbonyl (C=O) groups excluding carboxylic acids is 1. The number of sulfone groups is 1. The van der Waals surface area contributed by atoms with Gasteiger partial charge in [-0.15, -0.1) is 0 Å². The van der Waals surface area contributed by atoms with Crippen LogP contribution in [0.1, 0.15) is 49.7 Å². The van der Waals surface area contributed by atoms with Crippen LogP contribution < -0.4 is 5.32 Å². The van der Waals surface area contributed by atoms with Crippen LogP contribution in [-0.2, 0) is 26.9 Å². The molecule has 4 nitrogen and oxygen atoms in total. The lowest BCUT2D eigenvalue weighted by atomic mass is 9.87. The van der Waals surface area contributed by atoms with Gasteiger partial charge in [-0.1, -0.05) is 43.5 Å². The van der Waals surface area contributed by atoms with Crippen LogP contribution >= 0.6 is 0 Å². The van der Waals surface area contributed by atoms with Crippen molar-refractivity contribution in [1.29, 1.82) is 0 Å². The average Bonchev–Trinajstić information content (AvgIpc) is 2.45. The molecule has 1 aromatic rings. The highest BCUT2D eigenvalue weighted by Crippen LogP contribution is 2.26. The third kappa shape index (κ3) is 6.18. The van der Waals surface area contributed by atoms with Gasteiger partial charge in [-0.25, -0.2) is 8.42 Å². The zero-order chi connectivity index (χ0) is 16.0. The molecule has 0 bridgehead atoms. The Morgan fingerprint density at radius 3 is 2.55 bits per heavy atom. The van der Waals surface area contributed by atoms with Crippen molar-refractivity contribution in [2.75, 3.05) is 6.26 Å². The molecule has 1 aliphatic rings. The van der Waals surface area contributed by atoms with Gasteiger partial charge in [0.15, 0.2) is 9.84 Å². The van der Waals surface area contributed by atoms with E-state index in [4.69, 9.17) is 0 Å². The fourth-order valence-electron chi connectivity index (χ4n) is 3.06. The van der Waals surface area contributed by atoms with E-state index in [-0.39, 0.29) is 11.7 Å². The van der Waals surface area contributed by atoms with Crippen molar-refractivity contribution in [3.05, 3.63) is 35.4 Å². The Bertz CT molecular complexity index is 604. The molecule has 0 radical (unpaired) electrons. The number of amides is 1. The summed E-state index contributed by atoms with van der Waals surface area (Å²) in [6.45, 7) is 0.461. The minimum atomic E-state index is -3.03. The fourth-order valence-corrected chi connectivity index (χ4v) is 3.84. The molecule has 0 aromatic heterocycles. The van der Waals surface area contributed by atoms with Gasteiger partial charge >= 0.3 is 0 Å². The number of hydrogen-bond donors (Lipinski definition) is 1. The predicted octanol–water partition coefficient (Wildman–Crippen LogP) is 2.82. The van der Waals surface area contributed by atoms with E-state index < -0.39 is 9.84 Å². The molecule has 1 N–H and O–H groups in total. The molecule has 1 amide bonds. The van der Waals surface area contributed by atoms with Crippen molar-refractivity contribution in [3.8, 4) is 0 Å². The first-order valence-electron chi connectivity index (χ1n) is 7.94. The monoisotopic (exact) mass is 323 g/mol. The Hall–Kier alpha value is -1.36. The first-order chi connectivity index (χ1) is 10.4. The molecule has 0 spiro atoms. The summed E-state index contributed by atoms with van der Waals surface area (Å²) in [5, 5.41) is 2.95. The van der Waals surface area contributed by atoms with Crippen molar-refractivity contribution >= 4 is 15.7 Å². The second-order valence-corrected chi connectivity index (χ2v) is 8.52. The molecule has 0 atom stereocenters. The maximum Gasteiger partial charge on any atom is 0.220 e. The fraction of sp³-hybridized carbons (Fsp3) is 0.588. The highest BCUT2D eigenvalue weighted by atomic mass is 32.2. The van der Waals surface area contributed by atoms with Crippen LogP contribution in [0.5, 0.6) is 0 Å². The molecule has 122 valence electrons. The minimum absolute atomic E-state index is 0.0386. The van der Waals surface area contributed by atoms with Gasteiger partial charge in [0.2, 0.25) is 5.91 Å². The second kappa shape index (κ2) is 7.77. The van der Waals surface area contributed by atoms with Crippen molar-refractivity contribution < 1.29 is 13.2 Å². The second-order valence-electron chi connectivity index (χ2n) is 6.37. The molecule has 1 saturated carbocycles. The first kappa shape index (κ1) is 17.0. The SMILES string of the molecule is CS(=O)(=O)Cc1cccc(CNC(=O)CC2CCCCC2)c1. The van der Waals surface area contributed by atoms with E-state index in [2.05, 4.69) is 5.32 Å². The van der Waals surface area contributed by atoms with Crippen LogP contribution in [0.4, 0.5) is 0 Å². The lowest BCUT2D eigenvalue weighted by molar-refractivity contribution is -0.122. The van der Waals surface area contributed by atoms with Crippen LogP contribution in [0, 0.1) is 5.92 Å². The summed E-state index contributed by atoms with van der Waals surface area (Å²) in [5.74, 6) is 0.669. The van der Waals surface area contributed by atoms with Gasteiger partial charge in [0, 0.05) is 19.2 Å². The Labute approximate surface area is 133 Å². The van der Waals surface area contributed by atoms with Crippen LogP contribution in [0.3, 0.4) is 0 Å². The Kier molecular flexibility index (Phi) is 6.00. The smallest absolute Gasteiger partial charge is 0.220 e. The molecule has 1 aromatic carbocycles. The van der Waals surface area contributed by atoms with Gasteiger partial charge in [-0.3, -0.25) is 4.79 Å². The van der Waals surface area contributed by atoms with Crippen LogP contribution in [0.25, 0.3) is 0 Å². The number of carbonyl (C=O) groups is 1. The molecular weight excluding hydrogens is 298 g/mol. The molecule has 0 heterocycles. The molecule has 1 aliphatic carbocycles. The summed E-state index contributed by atoms with van der Waals surface area (Å²) < 4.78 is 22.7. The summed E-state index contributed by atoms with van der Waals surface area (Å²) in [5.41, 5.74) is 1.71. The van der Waals surface area contributed by atoms with E-state index >= 15 is 0 Å². The topological polar surface area (TPSA) is 63.2 Å². The summed E-state index contributed by atoms with van der Waals surface area (Å²) in [4.78, 5) is 12.0. The summed E-state index contributed by atoms with van der Waals surface area (Å²) in [7, 11) is -3.03. The maximum atomic E-state index is 12.0. The van der Waals surface area contributed by atoms with Crippen LogP contribution in [-0.4, -0.2) is 20.6 Å². The number of hydrogen-bond acceptors (Lipinski definition) is 3. The van der Waals surface area contributed by atoms with E-state index in [0.29, 0.717) is 18.9 Å². The van der Waals surface area contributed by atoms with Crippen molar-refractivity contribution in [3.63, 3.8) is 0 Å². The van der Waals surface area contributed by atoms with E-state index in [1.807, 2.05) is 18.2 Å². The molecular formula is C17H25NO3S. The number of nitrogens with one attached hydrogen (secondary N) is 1. The van der Waals surface area contributed by atoms with Crippen molar-refractivity contribution in [1.82, 2.24) is 5.32 Å². The van der Waals surface area contributed by atoms with E-state index in [1.54, 1.807) is 6.07 Å². The van der Waals surface area contributed by atoms with Gasteiger partial charge < -0.3 is 5.32 Å². The van der Waals surface area contributed by atoms with Crippen LogP contribution in [0.15, 0.2) is 24.3 Å². The Morgan fingerprint density at radius 1 is 1.18 bits per heavy atom. The first-order valence-corrected chi connectivity index (χ1v) is 10.0. The molecule has 22 heavy (non-hydrogen) atoms. The van der Waals surface area contributed by atoms with Gasteiger partial charge in [-0.05, 0) is 29.9 Å². The molecule has 5 heteroatoms.